The van der Waals surface area contributed by atoms with Crippen LogP contribution in [0.2, 0.25) is 0 Å². The maximum absolute atomic E-state index is 14.9. The van der Waals surface area contributed by atoms with Gasteiger partial charge in [-0.15, -0.1) is 0 Å². The van der Waals surface area contributed by atoms with E-state index < -0.39 is 23.4 Å². The Balaban J connectivity index is 1.91. The molecule has 1 heterocycles. The molecule has 33 heavy (non-hydrogen) atoms. The van der Waals surface area contributed by atoms with Crippen LogP contribution < -0.4 is 11.1 Å². The van der Waals surface area contributed by atoms with Crippen molar-refractivity contribution in [2.24, 2.45) is 5.73 Å². The highest BCUT2D eigenvalue weighted by atomic mass is 19.1. The van der Waals surface area contributed by atoms with Gasteiger partial charge in [0.05, 0.1) is 5.56 Å². The zero-order valence-corrected chi connectivity index (χ0v) is 18.1. The largest absolute Gasteiger partial charge is 0.398 e. The van der Waals surface area contributed by atoms with Crippen LogP contribution in [0, 0.1) is 17.5 Å². The molecule has 3 rings (SSSR count). The standard InChI is InChI=1S/C26H24F3N3O/c1-2-6-17(15-24(30)20-11-10-18(27)16-23(20)29)25-21(8-5-9-22(25)28)26(33)32-14-12-19-7-3-4-13-31-19/h3-11,13,15-16H,2,12,14,30H2,1H3,(H,32,33)/b17-6-,24-15-. The predicted molar refractivity (Wildman–Crippen MR) is 123 cm³/mol. The Morgan fingerprint density at radius 1 is 1.03 bits per heavy atom. The summed E-state index contributed by atoms with van der Waals surface area (Å²) < 4.78 is 42.4. The molecule has 0 spiro atoms. The highest BCUT2D eigenvalue weighted by Gasteiger charge is 2.18. The number of amides is 1. The van der Waals surface area contributed by atoms with Crippen LogP contribution in [-0.2, 0) is 6.42 Å². The summed E-state index contributed by atoms with van der Waals surface area (Å²) in [6, 6.07) is 12.7. The minimum Gasteiger partial charge on any atom is -0.398 e. The quantitative estimate of drug-likeness (QED) is 0.459. The van der Waals surface area contributed by atoms with E-state index in [0.29, 0.717) is 25.0 Å². The van der Waals surface area contributed by atoms with E-state index in [-0.39, 0.29) is 22.4 Å². The fourth-order valence-corrected chi connectivity index (χ4v) is 3.37. The third-order valence-electron chi connectivity index (χ3n) is 4.92. The second-order valence-corrected chi connectivity index (χ2v) is 7.28. The normalized spacial score (nSPS) is 12.0. The number of benzene rings is 2. The SMILES string of the molecule is CC/C=C(/C=C(\N)c1ccc(F)cc1F)c1c(F)cccc1C(=O)NCCc1ccccn1. The van der Waals surface area contributed by atoms with Gasteiger partial charge in [0.15, 0.2) is 0 Å². The Hall–Kier alpha value is -3.87. The summed E-state index contributed by atoms with van der Waals surface area (Å²) >= 11 is 0. The lowest BCUT2D eigenvalue weighted by molar-refractivity contribution is 0.0953. The van der Waals surface area contributed by atoms with Gasteiger partial charge in [0.25, 0.3) is 5.91 Å². The lowest BCUT2D eigenvalue weighted by atomic mass is 9.95. The van der Waals surface area contributed by atoms with Crippen molar-refractivity contribution in [1.29, 1.82) is 0 Å². The molecule has 0 bridgehead atoms. The van der Waals surface area contributed by atoms with Crippen LogP contribution in [0.1, 0.15) is 40.5 Å². The maximum Gasteiger partial charge on any atom is 0.252 e. The lowest BCUT2D eigenvalue weighted by Gasteiger charge is -2.14. The number of rotatable bonds is 8. The zero-order valence-electron chi connectivity index (χ0n) is 18.1. The molecule has 0 aliphatic carbocycles. The number of halogens is 3. The van der Waals surface area contributed by atoms with Crippen molar-refractivity contribution in [2.45, 2.75) is 19.8 Å². The Kier molecular flexibility index (Phi) is 8.02. The molecule has 0 unspecified atom stereocenters. The number of nitrogens with two attached hydrogens (primary N) is 1. The first kappa shape index (κ1) is 23.8. The van der Waals surface area contributed by atoms with Gasteiger partial charge in [-0.3, -0.25) is 9.78 Å². The second kappa shape index (κ2) is 11.1. The van der Waals surface area contributed by atoms with E-state index in [1.807, 2.05) is 19.1 Å². The monoisotopic (exact) mass is 451 g/mol. The Morgan fingerprint density at radius 3 is 2.55 bits per heavy atom. The van der Waals surface area contributed by atoms with Crippen LogP contribution in [0.25, 0.3) is 11.3 Å². The Bertz CT molecular complexity index is 1190. The molecule has 3 N–H and O–H groups in total. The smallest absolute Gasteiger partial charge is 0.252 e. The zero-order chi connectivity index (χ0) is 23.8. The number of carbonyl (C=O) groups is 1. The highest BCUT2D eigenvalue weighted by molar-refractivity contribution is 6.01. The van der Waals surface area contributed by atoms with E-state index in [4.69, 9.17) is 5.73 Å². The molecule has 4 nitrogen and oxygen atoms in total. The van der Waals surface area contributed by atoms with E-state index in [9.17, 15) is 18.0 Å². The number of carbonyl (C=O) groups excluding carboxylic acids is 1. The molecule has 0 aliphatic heterocycles. The minimum atomic E-state index is -0.833. The number of hydrogen-bond donors (Lipinski definition) is 2. The molecule has 3 aromatic rings. The number of pyridine rings is 1. The van der Waals surface area contributed by atoms with Crippen molar-refractivity contribution in [1.82, 2.24) is 10.3 Å². The van der Waals surface area contributed by atoms with Gasteiger partial charge < -0.3 is 11.1 Å². The maximum atomic E-state index is 14.9. The van der Waals surface area contributed by atoms with Crippen LogP contribution in [0.5, 0.6) is 0 Å². The fourth-order valence-electron chi connectivity index (χ4n) is 3.37. The average Bonchev–Trinajstić information content (AvgIpc) is 2.79. The molecule has 0 fully saturated rings. The highest BCUT2D eigenvalue weighted by Crippen LogP contribution is 2.27. The van der Waals surface area contributed by atoms with E-state index >= 15 is 0 Å². The molecule has 2 aromatic carbocycles. The number of hydrogen-bond acceptors (Lipinski definition) is 3. The summed E-state index contributed by atoms with van der Waals surface area (Å²) in [6.07, 6.45) is 5.79. The fraction of sp³-hybridized carbons (Fsp3) is 0.154. The Morgan fingerprint density at radius 2 is 1.85 bits per heavy atom. The molecule has 0 aliphatic rings. The van der Waals surface area contributed by atoms with Crippen molar-refractivity contribution in [2.75, 3.05) is 6.54 Å². The molecule has 7 heteroatoms. The summed E-state index contributed by atoms with van der Waals surface area (Å²) in [6.45, 7) is 2.16. The van der Waals surface area contributed by atoms with Gasteiger partial charge in [0, 0.05) is 47.7 Å². The number of aromatic nitrogens is 1. The lowest BCUT2D eigenvalue weighted by Crippen LogP contribution is -2.27. The molecular weight excluding hydrogens is 427 g/mol. The second-order valence-electron chi connectivity index (χ2n) is 7.28. The van der Waals surface area contributed by atoms with E-state index in [2.05, 4.69) is 10.3 Å². The number of allylic oxidation sites excluding steroid dienone is 3. The summed E-state index contributed by atoms with van der Waals surface area (Å²) in [5, 5.41) is 2.79. The van der Waals surface area contributed by atoms with Gasteiger partial charge in [0.2, 0.25) is 0 Å². The molecule has 0 saturated carbocycles. The van der Waals surface area contributed by atoms with Crippen molar-refractivity contribution < 1.29 is 18.0 Å². The number of nitrogens with zero attached hydrogens (tertiary/aromatic N) is 1. The van der Waals surface area contributed by atoms with Crippen molar-refractivity contribution >= 4 is 17.2 Å². The van der Waals surface area contributed by atoms with Crippen LogP contribution in [0.4, 0.5) is 13.2 Å². The molecule has 0 saturated heterocycles. The topological polar surface area (TPSA) is 68.0 Å². The van der Waals surface area contributed by atoms with Crippen molar-refractivity contribution in [3.8, 4) is 0 Å². The predicted octanol–water partition coefficient (Wildman–Crippen LogP) is 5.26. The molecule has 1 amide bonds. The van der Waals surface area contributed by atoms with Crippen molar-refractivity contribution in [3.63, 3.8) is 0 Å². The molecule has 0 atom stereocenters. The van der Waals surface area contributed by atoms with Crippen LogP contribution in [-0.4, -0.2) is 17.4 Å². The molecule has 170 valence electrons. The van der Waals surface area contributed by atoms with Gasteiger partial charge in [-0.25, -0.2) is 13.2 Å². The van der Waals surface area contributed by atoms with E-state index in [1.54, 1.807) is 18.3 Å². The van der Waals surface area contributed by atoms with Crippen LogP contribution >= 0.6 is 0 Å². The summed E-state index contributed by atoms with van der Waals surface area (Å²) in [4.78, 5) is 17.1. The van der Waals surface area contributed by atoms with Crippen LogP contribution in [0.15, 0.2) is 72.9 Å². The summed E-state index contributed by atoms with van der Waals surface area (Å²) in [5.74, 6) is -2.63. The molecule has 1 aromatic heterocycles. The van der Waals surface area contributed by atoms with Gasteiger partial charge in [-0.1, -0.05) is 25.1 Å². The van der Waals surface area contributed by atoms with Crippen molar-refractivity contribution in [3.05, 3.63) is 113 Å². The first-order valence-electron chi connectivity index (χ1n) is 10.5. The van der Waals surface area contributed by atoms with E-state index in [1.165, 1.54) is 30.3 Å². The molecular formula is C26H24F3N3O. The minimum absolute atomic E-state index is 0.0167. The average molecular weight is 451 g/mol. The number of nitrogens with one attached hydrogen (secondary N) is 1. The first-order chi connectivity index (χ1) is 15.9. The van der Waals surface area contributed by atoms with Gasteiger partial charge >= 0.3 is 0 Å². The van der Waals surface area contributed by atoms with E-state index in [0.717, 1.165) is 17.8 Å². The third-order valence-corrected chi connectivity index (χ3v) is 4.92. The van der Waals surface area contributed by atoms with Gasteiger partial charge in [-0.05, 0) is 54.5 Å². The summed E-state index contributed by atoms with van der Waals surface area (Å²) in [5.41, 5.74) is 7.35. The summed E-state index contributed by atoms with van der Waals surface area (Å²) in [7, 11) is 0. The van der Waals surface area contributed by atoms with Gasteiger partial charge in [0.1, 0.15) is 17.5 Å². The molecule has 0 radical (unpaired) electrons. The van der Waals surface area contributed by atoms with Gasteiger partial charge in [-0.2, -0.15) is 0 Å². The third kappa shape index (κ3) is 6.10. The first-order valence-corrected chi connectivity index (χ1v) is 10.5. The Labute approximate surface area is 190 Å². The van der Waals surface area contributed by atoms with Crippen LogP contribution in [0.3, 0.4) is 0 Å².